The lowest BCUT2D eigenvalue weighted by Crippen LogP contribution is -2.20. The van der Waals surface area contributed by atoms with Crippen LogP contribution in [0.1, 0.15) is 40.9 Å². The number of carbonyl (C=O) groups excluding carboxylic acids is 1. The van der Waals surface area contributed by atoms with Crippen LogP contribution in [0, 0.1) is 0 Å². The van der Waals surface area contributed by atoms with Crippen LogP contribution in [0.3, 0.4) is 0 Å². The zero-order valence-electron chi connectivity index (χ0n) is 8.32. The second kappa shape index (κ2) is 3.93. The number of fused-ring (bicyclic) bond motifs is 1. The first kappa shape index (κ1) is 9.41. The van der Waals surface area contributed by atoms with Crippen LogP contribution in [0.4, 0.5) is 0 Å². The van der Waals surface area contributed by atoms with Crippen molar-refractivity contribution < 1.29 is 9.53 Å². The minimum atomic E-state index is 0.269. The topological polar surface area (TPSA) is 26.3 Å². The van der Waals surface area contributed by atoms with E-state index in [2.05, 4.69) is 6.92 Å². The van der Waals surface area contributed by atoms with Crippen LogP contribution in [0.25, 0.3) is 0 Å². The quantitative estimate of drug-likeness (QED) is 0.682. The van der Waals surface area contributed by atoms with Gasteiger partial charge in [0.05, 0.1) is 6.10 Å². The van der Waals surface area contributed by atoms with Gasteiger partial charge in [-0.2, -0.15) is 0 Å². The molecule has 1 atom stereocenters. The Bertz CT molecular complexity index is 344. The maximum atomic E-state index is 10.5. The van der Waals surface area contributed by atoms with E-state index in [0.29, 0.717) is 0 Å². The monoisotopic (exact) mass is 190 g/mol. The maximum Gasteiger partial charge on any atom is 0.150 e. The summed E-state index contributed by atoms with van der Waals surface area (Å²) in [7, 11) is 0. The van der Waals surface area contributed by atoms with Gasteiger partial charge >= 0.3 is 0 Å². The van der Waals surface area contributed by atoms with E-state index in [1.807, 2.05) is 18.2 Å². The third-order valence-electron chi connectivity index (χ3n) is 2.58. The summed E-state index contributed by atoms with van der Waals surface area (Å²) in [5, 5.41) is 0. The molecule has 0 saturated carbocycles. The third kappa shape index (κ3) is 1.58. The molecule has 0 amide bonds. The maximum absolute atomic E-state index is 10.5. The molecule has 0 bridgehead atoms. The Morgan fingerprint density at radius 3 is 3.07 bits per heavy atom. The minimum Gasteiger partial charge on any atom is -0.373 e. The average Bonchev–Trinajstić information content (AvgIpc) is 2.19. The number of benzene rings is 1. The summed E-state index contributed by atoms with van der Waals surface area (Å²) in [6, 6.07) is 5.81. The van der Waals surface area contributed by atoms with E-state index in [4.69, 9.17) is 4.74 Å². The van der Waals surface area contributed by atoms with Gasteiger partial charge in [0.2, 0.25) is 0 Å². The molecule has 1 unspecified atom stereocenters. The first-order valence-electron chi connectivity index (χ1n) is 5.04. The van der Waals surface area contributed by atoms with E-state index in [1.165, 1.54) is 11.1 Å². The molecule has 0 aromatic heterocycles. The predicted molar refractivity (Wildman–Crippen MR) is 54.5 cm³/mol. The molecule has 0 N–H and O–H groups in total. The summed E-state index contributed by atoms with van der Waals surface area (Å²) in [5.41, 5.74) is 3.28. The molecule has 1 aliphatic carbocycles. The van der Waals surface area contributed by atoms with E-state index in [0.717, 1.165) is 31.3 Å². The van der Waals surface area contributed by atoms with Crippen LogP contribution in [-0.4, -0.2) is 12.9 Å². The molecule has 74 valence electrons. The van der Waals surface area contributed by atoms with Gasteiger partial charge in [-0.25, -0.2) is 0 Å². The molecule has 0 heterocycles. The van der Waals surface area contributed by atoms with Crippen molar-refractivity contribution in [3.63, 3.8) is 0 Å². The van der Waals surface area contributed by atoms with Crippen LogP contribution < -0.4 is 0 Å². The third-order valence-corrected chi connectivity index (χ3v) is 2.58. The lowest BCUT2D eigenvalue weighted by molar-refractivity contribution is 0.0374. The minimum absolute atomic E-state index is 0.269. The molecule has 14 heavy (non-hydrogen) atoms. The number of carbonyl (C=O) groups is 1. The van der Waals surface area contributed by atoms with E-state index in [9.17, 15) is 4.79 Å². The van der Waals surface area contributed by atoms with Crippen molar-refractivity contribution in [3.8, 4) is 0 Å². The predicted octanol–water partition coefficient (Wildman–Crippen LogP) is 2.52. The lowest BCUT2D eigenvalue weighted by atomic mass is 9.84. The summed E-state index contributed by atoms with van der Waals surface area (Å²) in [4.78, 5) is 10.5. The van der Waals surface area contributed by atoms with Crippen molar-refractivity contribution in [2.24, 2.45) is 0 Å². The number of aldehydes is 1. The number of hydrogen-bond acceptors (Lipinski definition) is 2. The van der Waals surface area contributed by atoms with Crippen LogP contribution >= 0.6 is 0 Å². The highest BCUT2D eigenvalue weighted by Crippen LogP contribution is 2.36. The highest BCUT2D eigenvalue weighted by Gasteiger charge is 2.26. The SMILES string of the molecule is CCCOC1Cc2cc(C=O)ccc21. The fourth-order valence-electron chi connectivity index (χ4n) is 1.78. The van der Waals surface area contributed by atoms with Gasteiger partial charge < -0.3 is 4.74 Å². The molecule has 1 aromatic carbocycles. The molecular formula is C12H14O2. The molecule has 0 aliphatic heterocycles. The van der Waals surface area contributed by atoms with Gasteiger partial charge in [-0.05, 0) is 23.6 Å². The molecule has 0 spiro atoms. The van der Waals surface area contributed by atoms with E-state index in [1.54, 1.807) is 0 Å². The van der Waals surface area contributed by atoms with Crippen molar-refractivity contribution >= 4 is 6.29 Å². The van der Waals surface area contributed by atoms with Gasteiger partial charge in [-0.15, -0.1) is 0 Å². The number of ether oxygens (including phenoxy) is 1. The summed E-state index contributed by atoms with van der Waals surface area (Å²) < 4.78 is 5.64. The second-order valence-electron chi connectivity index (χ2n) is 3.64. The zero-order chi connectivity index (χ0) is 9.97. The molecule has 1 aromatic rings. The fraction of sp³-hybridized carbons (Fsp3) is 0.417. The average molecular weight is 190 g/mol. The van der Waals surface area contributed by atoms with Crippen molar-refractivity contribution in [1.29, 1.82) is 0 Å². The van der Waals surface area contributed by atoms with Crippen LogP contribution in [0.5, 0.6) is 0 Å². The van der Waals surface area contributed by atoms with Crippen molar-refractivity contribution in [1.82, 2.24) is 0 Å². The van der Waals surface area contributed by atoms with E-state index in [-0.39, 0.29) is 6.10 Å². The van der Waals surface area contributed by atoms with Gasteiger partial charge in [-0.1, -0.05) is 19.1 Å². The Hall–Kier alpha value is -1.15. The Balaban J connectivity index is 2.07. The largest absolute Gasteiger partial charge is 0.373 e. The Labute approximate surface area is 83.9 Å². The summed E-state index contributed by atoms with van der Waals surface area (Å²) >= 11 is 0. The second-order valence-corrected chi connectivity index (χ2v) is 3.64. The molecule has 2 nitrogen and oxygen atoms in total. The Morgan fingerprint density at radius 1 is 1.57 bits per heavy atom. The summed E-state index contributed by atoms with van der Waals surface area (Å²) in [6.45, 7) is 2.93. The first-order valence-corrected chi connectivity index (χ1v) is 5.04. The van der Waals surface area contributed by atoms with Gasteiger partial charge in [0.25, 0.3) is 0 Å². The van der Waals surface area contributed by atoms with Crippen LogP contribution in [-0.2, 0) is 11.2 Å². The van der Waals surface area contributed by atoms with Crippen molar-refractivity contribution in [2.45, 2.75) is 25.9 Å². The molecule has 0 saturated heterocycles. The fourth-order valence-corrected chi connectivity index (χ4v) is 1.78. The zero-order valence-corrected chi connectivity index (χ0v) is 8.32. The van der Waals surface area contributed by atoms with Crippen molar-refractivity contribution in [2.75, 3.05) is 6.61 Å². The Kier molecular flexibility index (Phi) is 2.64. The van der Waals surface area contributed by atoms with E-state index >= 15 is 0 Å². The normalized spacial score (nSPS) is 18.5. The molecule has 0 radical (unpaired) electrons. The van der Waals surface area contributed by atoms with Crippen LogP contribution in [0.15, 0.2) is 18.2 Å². The number of hydrogen-bond donors (Lipinski definition) is 0. The van der Waals surface area contributed by atoms with Crippen molar-refractivity contribution in [3.05, 3.63) is 34.9 Å². The van der Waals surface area contributed by atoms with Gasteiger partial charge in [0, 0.05) is 18.6 Å². The summed E-state index contributed by atoms with van der Waals surface area (Å²) in [6.07, 6.45) is 3.17. The molecule has 1 aliphatic rings. The van der Waals surface area contributed by atoms with Gasteiger partial charge in [0.1, 0.15) is 6.29 Å². The van der Waals surface area contributed by atoms with Crippen LogP contribution in [0.2, 0.25) is 0 Å². The molecular weight excluding hydrogens is 176 g/mol. The smallest absolute Gasteiger partial charge is 0.150 e. The highest BCUT2D eigenvalue weighted by molar-refractivity contribution is 5.75. The molecule has 0 fully saturated rings. The Morgan fingerprint density at radius 2 is 2.43 bits per heavy atom. The molecule has 2 rings (SSSR count). The van der Waals surface area contributed by atoms with E-state index < -0.39 is 0 Å². The van der Waals surface area contributed by atoms with Gasteiger partial charge in [0.15, 0.2) is 0 Å². The summed E-state index contributed by atoms with van der Waals surface area (Å²) in [5.74, 6) is 0. The lowest BCUT2D eigenvalue weighted by Gasteiger charge is -2.30. The standard InChI is InChI=1S/C12H14O2/c1-2-5-14-12-7-10-6-9(8-13)3-4-11(10)12/h3-4,6,8,12H,2,5,7H2,1H3. The van der Waals surface area contributed by atoms with Gasteiger partial charge in [-0.3, -0.25) is 4.79 Å². The molecule has 2 heteroatoms. The first-order chi connectivity index (χ1) is 6.85. The number of rotatable bonds is 4. The highest BCUT2D eigenvalue weighted by atomic mass is 16.5.